The lowest BCUT2D eigenvalue weighted by atomic mass is 9.80. The molecule has 2 nitrogen and oxygen atoms in total. The number of hydrogen-bond acceptors (Lipinski definition) is 2. The van der Waals surface area contributed by atoms with Gasteiger partial charge in [-0.2, -0.15) is 0 Å². The third kappa shape index (κ3) is 2.27. The summed E-state index contributed by atoms with van der Waals surface area (Å²) >= 11 is 0. The lowest BCUT2D eigenvalue weighted by Gasteiger charge is -2.24. The maximum Gasteiger partial charge on any atom is 0.173 e. The third-order valence-electron chi connectivity index (χ3n) is 2.95. The molecule has 0 bridgehead atoms. The van der Waals surface area contributed by atoms with Crippen LogP contribution in [-0.4, -0.2) is 12.3 Å². The second kappa shape index (κ2) is 4.70. The van der Waals surface area contributed by atoms with E-state index >= 15 is 0 Å². The first-order valence-corrected chi connectivity index (χ1v) is 5.14. The van der Waals surface area contributed by atoms with Crippen molar-refractivity contribution >= 4 is 5.78 Å². The van der Waals surface area contributed by atoms with Gasteiger partial charge in [0.15, 0.2) is 5.78 Å². The number of rotatable bonds is 4. The zero-order valence-electron chi connectivity index (χ0n) is 9.39. The fourth-order valence-corrected chi connectivity index (χ4v) is 1.39. The van der Waals surface area contributed by atoms with Crippen LogP contribution in [0.15, 0.2) is 18.2 Å². The molecule has 0 aromatic heterocycles. The van der Waals surface area contributed by atoms with E-state index in [1.54, 1.807) is 13.8 Å². The molecule has 0 saturated carbocycles. The van der Waals surface area contributed by atoms with Crippen LogP contribution in [0.1, 0.15) is 30.6 Å². The fraction of sp³-hybridized carbons (Fsp3) is 0.417. The standard InChI is InChI=1S/C12H15F2NO/c1-3-12(2,7-15)11(16)9-6-8(13)4-5-10(9)14/h4-6H,3,7,15H2,1-2H3. The van der Waals surface area contributed by atoms with Gasteiger partial charge in [-0.15, -0.1) is 0 Å². The van der Waals surface area contributed by atoms with Gasteiger partial charge < -0.3 is 5.73 Å². The largest absolute Gasteiger partial charge is 0.329 e. The molecule has 16 heavy (non-hydrogen) atoms. The van der Waals surface area contributed by atoms with Crippen molar-refractivity contribution in [3.05, 3.63) is 35.4 Å². The molecule has 1 aromatic rings. The summed E-state index contributed by atoms with van der Waals surface area (Å²) in [6.45, 7) is 3.56. The van der Waals surface area contributed by atoms with Gasteiger partial charge in [0.05, 0.1) is 5.56 Å². The van der Waals surface area contributed by atoms with Crippen LogP contribution in [-0.2, 0) is 0 Å². The molecule has 0 fully saturated rings. The molecule has 4 heteroatoms. The Bertz CT molecular complexity index is 400. The molecular weight excluding hydrogens is 212 g/mol. The summed E-state index contributed by atoms with van der Waals surface area (Å²) in [7, 11) is 0. The number of carbonyl (C=O) groups excluding carboxylic acids is 1. The number of Topliss-reactive ketones (excluding diaryl/α,β-unsaturated/α-hetero) is 1. The van der Waals surface area contributed by atoms with Gasteiger partial charge in [-0.05, 0) is 24.6 Å². The Morgan fingerprint density at radius 2 is 2.06 bits per heavy atom. The van der Waals surface area contributed by atoms with E-state index in [1.165, 1.54) is 0 Å². The molecule has 1 aromatic carbocycles. The van der Waals surface area contributed by atoms with E-state index in [1.807, 2.05) is 0 Å². The zero-order valence-corrected chi connectivity index (χ0v) is 9.39. The van der Waals surface area contributed by atoms with E-state index in [-0.39, 0.29) is 12.1 Å². The Kier molecular flexibility index (Phi) is 3.75. The summed E-state index contributed by atoms with van der Waals surface area (Å²) in [4.78, 5) is 12.0. The number of hydrogen-bond donors (Lipinski definition) is 1. The second-order valence-corrected chi connectivity index (χ2v) is 4.07. The van der Waals surface area contributed by atoms with Gasteiger partial charge in [0.25, 0.3) is 0 Å². The summed E-state index contributed by atoms with van der Waals surface area (Å²) in [6, 6.07) is 2.86. The maximum absolute atomic E-state index is 13.4. The number of ketones is 1. The minimum absolute atomic E-state index is 0.109. The van der Waals surface area contributed by atoms with E-state index in [2.05, 4.69) is 0 Å². The van der Waals surface area contributed by atoms with Gasteiger partial charge in [0.1, 0.15) is 11.6 Å². The lowest BCUT2D eigenvalue weighted by molar-refractivity contribution is 0.0815. The average molecular weight is 227 g/mol. The minimum atomic E-state index is -0.839. The minimum Gasteiger partial charge on any atom is -0.329 e. The van der Waals surface area contributed by atoms with Crippen molar-refractivity contribution in [1.29, 1.82) is 0 Å². The Labute approximate surface area is 93.5 Å². The van der Waals surface area contributed by atoms with Crippen molar-refractivity contribution in [2.75, 3.05) is 6.54 Å². The molecule has 1 rings (SSSR count). The van der Waals surface area contributed by atoms with E-state index in [9.17, 15) is 13.6 Å². The summed E-state index contributed by atoms with van der Waals surface area (Å²) in [5.74, 6) is -1.78. The van der Waals surface area contributed by atoms with Gasteiger partial charge >= 0.3 is 0 Å². The lowest BCUT2D eigenvalue weighted by Crippen LogP contribution is -2.35. The molecule has 2 N–H and O–H groups in total. The molecule has 0 radical (unpaired) electrons. The molecule has 0 aliphatic heterocycles. The van der Waals surface area contributed by atoms with Crippen LogP contribution in [0, 0.1) is 17.0 Å². The quantitative estimate of drug-likeness (QED) is 0.803. The molecule has 0 heterocycles. The van der Waals surface area contributed by atoms with Crippen molar-refractivity contribution in [2.45, 2.75) is 20.3 Å². The highest BCUT2D eigenvalue weighted by molar-refractivity contribution is 6.00. The molecule has 88 valence electrons. The average Bonchev–Trinajstić information content (AvgIpc) is 2.30. The molecule has 0 aliphatic carbocycles. The summed E-state index contributed by atoms with van der Waals surface area (Å²) in [5, 5.41) is 0. The van der Waals surface area contributed by atoms with Crippen molar-refractivity contribution in [3.8, 4) is 0 Å². The molecular formula is C12H15F2NO. The SMILES string of the molecule is CCC(C)(CN)C(=O)c1cc(F)ccc1F. The monoisotopic (exact) mass is 227 g/mol. The summed E-state index contributed by atoms with van der Waals surface area (Å²) < 4.78 is 26.3. The van der Waals surface area contributed by atoms with Crippen LogP contribution in [0.5, 0.6) is 0 Å². The normalized spacial score (nSPS) is 14.6. The van der Waals surface area contributed by atoms with E-state index < -0.39 is 22.8 Å². The van der Waals surface area contributed by atoms with Gasteiger partial charge in [0.2, 0.25) is 0 Å². The Balaban J connectivity index is 3.18. The number of halogens is 2. The van der Waals surface area contributed by atoms with Crippen LogP contribution in [0.25, 0.3) is 0 Å². The van der Waals surface area contributed by atoms with Crippen LogP contribution in [0.4, 0.5) is 8.78 Å². The van der Waals surface area contributed by atoms with Crippen molar-refractivity contribution < 1.29 is 13.6 Å². The van der Waals surface area contributed by atoms with E-state index in [0.29, 0.717) is 6.42 Å². The number of carbonyl (C=O) groups is 1. The zero-order chi connectivity index (χ0) is 12.3. The van der Waals surface area contributed by atoms with Crippen molar-refractivity contribution in [3.63, 3.8) is 0 Å². The third-order valence-corrected chi connectivity index (χ3v) is 2.95. The Hall–Kier alpha value is -1.29. The highest BCUT2D eigenvalue weighted by atomic mass is 19.1. The maximum atomic E-state index is 13.4. The van der Waals surface area contributed by atoms with Crippen LogP contribution < -0.4 is 5.73 Å². The highest BCUT2D eigenvalue weighted by Crippen LogP contribution is 2.26. The fourth-order valence-electron chi connectivity index (χ4n) is 1.39. The van der Waals surface area contributed by atoms with Crippen molar-refractivity contribution in [1.82, 2.24) is 0 Å². The van der Waals surface area contributed by atoms with Crippen molar-refractivity contribution in [2.24, 2.45) is 11.1 Å². The molecule has 0 saturated heterocycles. The summed E-state index contributed by atoms with van der Waals surface area (Å²) in [5.41, 5.74) is 4.44. The van der Waals surface area contributed by atoms with E-state index in [0.717, 1.165) is 18.2 Å². The molecule has 1 atom stereocenters. The van der Waals surface area contributed by atoms with Gasteiger partial charge in [0, 0.05) is 12.0 Å². The first kappa shape index (κ1) is 12.8. The number of nitrogens with two attached hydrogens (primary N) is 1. The van der Waals surface area contributed by atoms with Crippen LogP contribution in [0.2, 0.25) is 0 Å². The smallest absolute Gasteiger partial charge is 0.173 e. The van der Waals surface area contributed by atoms with Gasteiger partial charge in [-0.1, -0.05) is 13.8 Å². The molecule has 1 unspecified atom stereocenters. The van der Waals surface area contributed by atoms with Gasteiger partial charge in [-0.3, -0.25) is 4.79 Å². The highest BCUT2D eigenvalue weighted by Gasteiger charge is 2.32. The van der Waals surface area contributed by atoms with Gasteiger partial charge in [-0.25, -0.2) is 8.78 Å². The number of benzene rings is 1. The van der Waals surface area contributed by atoms with E-state index in [4.69, 9.17) is 5.73 Å². The summed E-state index contributed by atoms with van der Waals surface area (Å²) in [6.07, 6.45) is 0.484. The molecule has 0 aliphatic rings. The first-order chi connectivity index (χ1) is 7.44. The predicted octanol–water partition coefficient (Wildman–Crippen LogP) is 2.52. The molecule has 0 spiro atoms. The Morgan fingerprint density at radius 1 is 1.44 bits per heavy atom. The van der Waals surface area contributed by atoms with Crippen LogP contribution in [0.3, 0.4) is 0 Å². The Morgan fingerprint density at radius 3 is 2.56 bits per heavy atom. The van der Waals surface area contributed by atoms with Crippen LogP contribution >= 0.6 is 0 Å². The molecule has 0 amide bonds. The first-order valence-electron chi connectivity index (χ1n) is 5.14. The topological polar surface area (TPSA) is 43.1 Å². The second-order valence-electron chi connectivity index (χ2n) is 4.07. The predicted molar refractivity (Wildman–Crippen MR) is 58.1 cm³/mol.